The van der Waals surface area contributed by atoms with Crippen molar-refractivity contribution in [3.63, 3.8) is 0 Å². The summed E-state index contributed by atoms with van der Waals surface area (Å²) in [6.07, 6.45) is 2.77. The molecule has 0 spiro atoms. The SMILES string of the molecule is CCc1ccc(C(=O)N2CCC[C@H](C(=O)N3CCN(C)CC3)C2)cc1. The molecular weight excluding hydrogens is 314 g/mol. The number of nitrogens with zero attached hydrogens (tertiary/aromatic N) is 3. The van der Waals surface area contributed by atoms with Crippen molar-refractivity contribution in [1.29, 1.82) is 0 Å². The third-order valence-corrected chi connectivity index (χ3v) is 5.48. The Morgan fingerprint density at radius 1 is 1.00 bits per heavy atom. The third-order valence-electron chi connectivity index (χ3n) is 5.48. The number of piperidine rings is 1. The van der Waals surface area contributed by atoms with Crippen LogP contribution in [0.4, 0.5) is 0 Å². The number of hydrogen-bond acceptors (Lipinski definition) is 3. The van der Waals surface area contributed by atoms with E-state index in [1.165, 1.54) is 5.56 Å². The van der Waals surface area contributed by atoms with Gasteiger partial charge in [-0.2, -0.15) is 0 Å². The zero-order valence-electron chi connectivity index (χ0n) is 15.4. The quantitative estimate of drug-likeness (QED) is 0.842. The monoisotopic (exact) mass is 343 g/mol. The smallest absolute Gasteiger partial charge is 0.253 e. The van der Waals surface area contributed by atoms with E-state index < -0.39 is 0 Å². The van der Waals surface area contributed by atoms with Gasteiger partial charge in [-0.15, -0.1) is 0 Å². The van der Waals surface area contributed by atoms with Gasteiger partial charge in [0.15, 0.2) is 0 Å². The highest BCUT2D eigenvalue weighted by Crippen LogP contribution is 2.21. The van der Waals surface area contributed by atoms with Crippen LogP contribution in [0.1, 0.15) is 35.7 Å². The highest BCUT2D eigenvalue weighted by molar-refractivity contribution is 5.94. The lowest BCUT2D eigenvalue weighted by molar-refractivity contribution is -0.138. The summed E-state index contributed by atoms with van der Waals surface area (Å²) in [4.78, 5) is 31.7. The van der Waals surface area contributed by atoms with E-state index in [1.807, 2.05) is 34.1 Å². The second kappa shape index (κ2) is 8.00. The largest absolute Gasteiger partial charge is 0.340 e. The zero-order chi connectivity index (χ0) is 17.8. The number of hydrogen-bond donors (Lipinski definition) is 0. The molecule has 2 fully saturated rings. The summed E-state index contributed by atoms with van der Waals surface area (Å²) < 4.78 is 0. The van der Waals surface area contributed by atoms with Crippen LogP contribution in [0.15, 0.2) is 24.3 Å². The Morgan fingerprint density at radius 2 is 1.68 bits per heavy atom. The van der Waals surface area contributed by atoms with Crippen LogP contribution in [0.2, 0.25) is 0 Å². The van der Waals surface area contributed by atoms with Crippen molar-refractivity contribution < 1.29 is 9.59 Å². The minimum atomic E-state index is -0.0454. The summed E-state index contributed by atoms with van der Waals surface area (Å²) >= 11 is 0. The van der Waals surface area contributed by atoms with Gasteiger partial charge >= 0.3 is 0 Å². The molecule has 0 aliphatic carbocycles. The normalized spacial score (nSPS) is 22.1. The number of carbonyl (C=O) groups excluding carboxylic acids is 2. The molecule has 2 amide bonds. The fraction of sp³-hybridized carbons (Fsp3) is 0.600. The highest BCUT2D eigenvalue weighted by atomic mass is 16.2. The molecule has 25 heavy (non-hydrogen) atoms. The minimum absolute atomic E-state index is 0.0454. The van der Waals surface area contributed by atoms with Crippen molar-refractivity contribution in [3.05, 3.63) is 35.4 Å². The molecule has 5 heteroatoms. The molecule has 0 N–H and O–H groups in total. The number of likely N-dealkylation sites (N-methyl/N-ethyl adjacent to an activating group) is 1. The zero-order valence-corrected chi connectivity index (χ0v) is 15.4. The van der Waals surface area contributed by atoms with Crippen LogP contribution in [0.3, 0.4) is 0 Å². The number of benzene rings is 1. The molecule has 0 bridgehead atoms. The number of piperazine rings is 1. The van der Waals surface area contributed by atoms with Crippen molar-refractivity contribution in [1.82, 2.24) is 14.7 Å². The molecule has 2 saturated heterocycles. The molecule has 0 unspecified atom stereocenters. The summed E-state index contributed by atoms with van der Waals surface area (Å²) in [7, 11) is 2.09. The van der Waals surface area contributed by atoms with Crippen molar-refractivity contribution in [3.8, 4) is 0 Å². The lowest BCUT2D eigenvalue weighted by atomic mass is 9.95. The number of likely N-dealkylation sites (tertiary alicyclic amines) is 1. The average molecular weight is 343 g/mol. The predicted octanol–water partition coefficient (Wildman–Crippen LogP) is 1.88. The molecule has 2 aliphatic rings. The Morgan fingerprint density at radius 3 is 2.32 bits per heavy atom. The van der Waals surface area contributed by atoms with Gasteiger partial charge < -0.3 is 14.7 Å². The van der Waals surface area contributed by atoms with E-state index >= 15 is 0 Å². The van der Waals surface area contributed by atoms with E-state index in [0.29, 0.717) is 6.54 Å². The second-order valence-electron chi connectivity index (χ2n) is 7.27. The molecule has 136 valence electrons. The fourth-order valence-corrected chi connectivity index (χ4v) is 3.71. The van der Waals surface area contributed by atoms with E-state index in [9.17, 15) is 9.59 Å². The van der Waals surface area contributed by atoms with Gasteiger partial charge in [0.1, 0.15) is 0 Å². The van der Waals surface area contributed by atoms with Crippen LogP contribution in [0, 0.1) is 5.92 Å². The van der Waals surface area contributed by atoms with Crippen molar-refractivity contribution in [2.75, 3.05) is 46.3 Å². The van der Waals surface area contributed by atoms with Crippen LogP contribution in [-0.2, 0) is 11.2 Å². The van der Waals surface area contributed by atoms with Crippen molar-refractivity contribution >= 4 is 11.8 Å². The summed E-state index contributed by atoms with van der Waals surface area (Å²) in [6, 6.07) is 7.86. The first-order valence-electron chi connectivity index (χ1n) is 9.44. The maximum atomic E-state index is 12.8. The van der Waals surface area contributed by atoms with Crippen LogP contribution >= 0.6 is 0 Å². The topological polar surface area (TPSA) is 43.9 Å². The van der Waals surface area contributed by atoms with Gasteiger partial charge in [0.05, 0.1) is 5.92 Å². The molecule has 1 atom stereocenters. The van der Waals surface area contributed by atoms with Gasteiger partial charge in [0.2, 0.25) is 5.91 Å². The molecule has 3 rings (SSSR count). The molecule has 5 nitrogen and oxygen atoms in total. The van der Waals surface area contributed by atoms with Gasteiger partial charge in [-0.05, 0) is 44.0 Å². The fourth-order valence-electron chi connectivity index (χ4n) is 3.71. The Balaban J connectivity index is 1.61. The summed E-state index contributed by atoms with van der Waals surface area (Å²) in [5.41, 5.74) is 1.96. The predicted molar refractivity (Wildman–Crippen MR) is 98.5 cm³/mol. The van der Waals surface area contributed by atoms with E-state index in [1.54, 1.807) is 0 Å². The number of rotatable bonds is 3. The molecule has 2 heterocycles. The Labute approximate surface area is 150 Å². The maximum Gasteiger partial charge on any atom is 0.253 e. The van der Waals surface area contributed by atoms with Crippen LogP contribution in [0.25, 0.3) is 0 Å². The highest BCUT2D eigenvalue weighted by Gasteiger charge is 2.32. The van der Waals surface area contributed by atoms with E-state index in [-0.39, 0.29) is 17.7 Å². The van der Waals surface area contributed by atoms with E-state index in [4.69, 9.17) is 0 Å². The van der Waals surface area contributed by atoms with Gasteiger partial charge in [0.25, 0.3) is 5.91 Å². The molecule has 0 saturated carbocycles. The van der Waals surface area contributed by atoms with Crippen molar-refractivity contribution in [2.45, 2.75) is 26.2 Å². The molecular formula is C20H29N3O2. The van der Waals surface area contributed by atoms with Gasteiger partial charge in [-0.25, -0.2) is 0 Å². The van der Waals surface area contributed by atoms with Gasteiger partial charge in [0, 0.05) is 44.8 Å². The Kier molecular flexibility index (Phi) is 5.74. The Bertz CT molecular complexity index is 606. The average Bonchev–Trinajstić information content (AvgIpc) is 2.67. The Hall–Kier alpha value is -1.88. The summed E-state index contributed by atoms with van der Waals surface area (Å²) in [5, 5.41) is 0. The van der Waals surface area contributed by atoms with Crippen LogP contribution < -0.4 is 0 Å². The van der Waals surface area contributed by atoms with Crippen LogP contribution in [0.5, 0.6) is 0 Å². The van der Waals surface area contributed by atoms with Gasteiger partial charge in [-0.3, -0.25) is 9.59 Å². The first-order valence-corrected chi connectivity index (χ1v) is 9.44. The standard InChI is InChI=1S/C20H29N3O2/c1-3-16-6-8-17(9-7-16)19(24)23-10-4-5-18(15-23)20(25)22-13-11-21(2)12-14-22/h6-9,18H,3-5,10-15H2,1-2H3/t18-/m0/s1. The lowest BCUT2D eigenvalue weighted by Gasteiger charge is -2.38. The van der Waals surface area contributed by atoms with Gasteiger partial charge in [-0.1, -0.05) is 19.1 Å². The number of carbonyl (C=O) groups is 2. The molecule has 1 aromatic carbocycles. The first-order chi connectivity index (χ1) is 12.1. The maximum absolute atomic E-state index is 12.8. The minimum Gasteiger partial charge on any atom is -0.340 e. The second-order valence-corrected chi connectivity index (χ2v) is 7.27. The molecule has 0 aromatic heterocycles. The van der Waals surface area contributed by atoms with Crippen LogP contribution in [-0.4, -0.2) is 72.8 Å². The first kappa shape index (κ1) is 17.9. The molecule has 2 aliphatic heterocycles. The third kappa shape index (κ3) is 4.21. The van der Waals surface area contributed by atoms with E-state index in [2.05, 4.69) is 18.9 Å². The number of amides is 2. The number of aryl methyl sites for hydroxylation is 1. The summed E-state index contributed by atoms with van der Waals surface area (Å²) in [6.45, 7) is 6.89. The summed E-state index contributed by atoms with van der Waals surface area (Å²) in [5.74, 6) is 0.237. The molecule has 1 aromatic rings. The van der Waals surface area contributed by atoms with Crippen molar-refractivity contribution in [2.24, 2.45) is 5.92 Å². The lowest BCUT2D eigenvalue weighted by Crippen LogP contribution is -2.52. The molecule has 0 radical (unpaired) electrons. The van der Waals surface area contributed by atoms with E-state index in [0.717, 1.165) is 57.5 Å².